The summed E-state index contributed by atoms with van der Waals surface area (Å²) >= 11 is 1.22. The van der Waals surface area contributed by atoms with Gasteiger partial charge in [-0.25, -0.2) is 9.78 Å². The molecule has 1 aromatic carbocycles. The van der Waals surface area contributed by atoms with Crippen LogP contribution in [0.1, 0.15) is 45.2 Å². The first-order valence-corrected chi connectivity index (χ1v) is 14.5. The number of hydrogen-bond donors (Lipinski definition) is 0. The molecule has 5 atom stereocenters. The van der Waals surface area contributed by atoms with Crippen LogP contribution < -0.4 is 10.2 Å². The van der Waals surface area contributed by atoms with Crippen LogP contribution in [-0.4, -0.2) is 78.8 Å². The highest BCUT2D eigenvalue weighted by Crippen LogP contribution is 2.33. The Kier molecular flexibility index (Phi) is 10.5. The molecule has 16 heteroatoms. The highest BCUT2D eigenvalue weighted by molar-refractivity contribution is 7.07. The molecule has 4 rings (SSSR count). The molecule has 1 fully saturated rings. The summed E-state index contributed by atoms with van der Waals surface area (Å²) in [7, 11) is 0. The fourth-order valence-electron chi connectivity index (χ4n) is 4.57. The Morgan fingerprint density at radius 3 is 2.16 bits per heavy atom. The van der Waals surface area contributed by atoms with Crippen LogP contribution in [0.25, 0.3) is 22.2 Å². The van der Waals surface area contributed by atoms with Crippen molar-refractivity contribution >= 4 is 52.2 Å². The van der Waals surface area contributed by atoms with Gasteiger partial charge in [0.25, 0.3) is 0 Å². The van der Waals surface area contributed by atoms with E-state index in [-0.39, 0.29) is 40.3 Å². The van der Waals surface area contributed by atoms with Crippen LogP contribution in [0.2, 0.25) is 0 Å². The molecule has 0 bridgehead atoms. The van der Waals surface area contributed by atoms with E-state index in [0.29, 0.717) is 0 Å². The second-order valence-electron chi connectivity index (χ2n) is 9.57. The van der Waals surface area contributed by atoms with Gasteiger partial charge in [0.2, 0.25) is 23.6 Å². The topological polar surface area (TPSA) is 193 Å². The lowest BCUT2D eigenvalue weighted by Gasteiger charge is -2.43. The van der Waals surface area contributed by atoms with E-state index in [4.69, 9.17) is 37.6 Å². The van der Waals surface area contributed by atoms with Crippen molar-refractivity contribution in [1.29, 1.82) is 0 Å². The number of rotatable bonds is 10. The normalized spacial score (nSPS) is 21.0. The van der Waals surface area contributed by atoms with Crippen LogP contribution >= 0.6 is 11.3 Å². The number of ether oxygens (including phenoxy) is 7. The van der Waals surface area contributed by atoms with Crippen molar-refractivity contribution in [3.8, 4) is 17.0 Å². The summed E-state index contributed by atoms with van der Waals surface area (Å²) in [6.45, 7) is 5.60. The smallest absolute Gasteiger partial charge is 0.375 e. The maximum absolute atomic E-state index is 13.5. The standard InChI is InChI=1S/C29H29NO14S/c1-6-37-28(36)25-22(19-11-45-12-30-19)23(35)18-8-7-17(9-20(18)43-25)42-29-27(41-16(5)34)26(40-15(4)33)24(39-14(3)32)21(44-29)10-38-13(2)31/h7-9,11-12,21,24,26-27,29H,6,10H2,1-5H3/t21-,24+,26+,27+,29+/m0/s1. The van der Waals surface area contributed by atoms with Crippen molar-refractivity contribution in [1.82, 2.24) is 4.98 Å². The summed E-state index contributed by atoms with van der Waals surface area (Å²) < 4.78 is 44.2. The maximum Gasteiger partial charge on any atom is 0.375 e. The van der Waals surface area contributed by atoms with Crippen molar-refractivity contribution < 1.29 is 61.5 Å². The first kappa shape index (κ1) is 33.1. The number of thiazole rings is 1. The van der Waals surface area contributed by atoms with Gasteiger partial charge in [-0.1, -0.05) is 0 Å². The van der Waals surface area contributed by atoms with E-state index in [1.165, 1.54) is 35.0 Å². The molecule has 0 radical (unpaired) electrons. The van der Waals surface area contributed by atoms with Gasteiger partial charge in [-0.3, -0.25) is 24.0 Å². The molecular formula is C29H29NO14S. The second-order valence-corrected chi connectivity index (χ2v) is 10.3. The number of benzene rings is 1. The summed E-state index contributed by atoms with van der Waals surface area (Å²) in [4.78, 5) is 78.2. The quantitative estimate of drug-likeness (QED) is 0.230. The SMILES string of the molecule is CCOC(=O)c1oc2cc(O[C@@H]3O[C@@H](COC(C)=O)[C@@H](OC(C)=O)[C@@H](OC(C)=O)[C@H]3OC(C)=O)ccc2c(=O)c1-c1cscn1. The van der Waals surface area contributed by atoms with Crippen molar-refractivity contribution in [3.63, 3.8) is 0 Å². The predicted octanol–water partition coefficient (Wildman–Crippen LogP) is 2.56. The average Bonchev–Trinajstić information content (AvgIpc) is 3.49. The van der Waals surface area contributed by atoms with Gasteiger partial charge in [0.15, 0.2) is 12.2 Å². The van der Waals surface area contributed by atoms with E-state index in [0.717, 1.165) is 27.7 Å². The van der Waals surface area contributed by atoms with Gasteiger partial charge in [-0.05, 0) is 19.1 Å². The summed E-state index contributed by atoms with van der Waals surface area (Å²) in [5.74, 6) is -4.34. The van der Waals surface area contributed by atoms with Gasteiger partial charge in [-0.2, -0.15) is 0 Å². The molecule has 0 aliphatic carbocycles. The molecule has 0 unspecified atom stereocenters. The van der Waals surface area contributed by atoms with Crippen molar-refractivity contribution in [2.24, 2.45) is 0 Å². The first-order chi connectivity index (χ1) is 21.4. The Morgan fingerprint density at radius 2 is 1.56 bits per heavy atom. The number of fused-ring (bicyclic) bond motifs is 1. The summed E-state index contributed by atoms with van der Waals surface area (Å²) in [6.07, 6.45) is -7.10. The van der Waals surface area contributed by atoms with Crippen LogP contribution in [0.5, 0.6) is 5.75 Å². The van der Waals surface area contributed by atoms with Crippen molar-refractivity contribution in [2.75, 3.05) is 13.2 Å². The van der Waals surface area contributed by atoms with Gasteiger partial charge in [0.05, 0.1) is 28.8 Å². The molecule has 1 aliphatic heterocycles. The van der Waals surface area contributed by atoms with Gasteiger partial charge in [0, 0.05) is 39.1 Å². The number of esters is 5. The number of aromatic nitrogens is 1. The highest BCUT2D eigenvalue weighted by atomic mass is 32.1. The summed E-state index contributed by atoms with van der Waals surface area (Å²) in [5, 5.41) is 1.67. The Bertz CT molecular complexity index is 1650. The lowest BCUT2D eigenvalue weighted by atomic mass is 9.98. The number of hydrogen-bond acceptors (Lipinski definition) is 16. The monoisotopic (exact) mass is 647 g/mol. The third kappa shape index (κ3) is 7.82. The van der Waals surface area contributed by atoms with Crippen LogP contribution in [0.15, 0.2) is 38.3 Å². The molecule has 1 saturated heterocycles. The van der Waals surface area contributed by atoms with Gasteiger partial charge < -0.3 is 37.6 Å². The molecule has 3 heterocycles. The fraction of sp³-hybridized carbons (Fsp3) is 0.414. The molecule has 0 amide bonds. The minimum atomic E-state index is -1.53. The molecule has 3 aromatic rings. The number of carbonyl (C=O) groups excluding carboxylic acids is 5. The van der Waals surface area contributed by atoms with Crippen LogP contribution in [0.4, 0.5) is 0 Å². The highest BCUT2D eigenvalue weighted by Gasteiger charge is 2.53. The van der Waals surface area contributed by atoms with Gasteiger partial charge >= 0.3 is 29.8 Å². The molecule has 0 N–H and O–H groups in total. The van der Waals surface area contributed by atoms with E-state index in [1.807, 2.05) is 0 Å². The zero-order valence-electron chi connectivity index (χ0n) is 24.8. The molecule has 240 valence electrons. The zero-order valence-corrected chi connectivity index (χ0v) is 25.6. The third-order valence-corrected chi connectivity index (χ3v) is 6.80. The van der Waals surface area contributed by atoms with Crippen LogP contribution in [0.3, 0.4) is 0 Å². The third-order valence-electron chi connectivity index (χ3n) is 6.21. The number of carbonyl (C=O) groups is 5. The first-order valence-electron chi connectivity index (χ1n) is 13.5. The molecular weight excluding hydrogens is 618 g/mol. The minimum absolute atomic E-state index is 0.00256. The zero-order chi connectivity index (χ0) is 32.8. The largest absolute Gasteiger partial charge is 0.463 e. The van der Waals surface area contributed by atoms with Crippen molar-refractivity contribution in [3.05, 3.63) is 45.1 Å². The average molecular weight is 648 g/mol. The summed E-state index contributed by atoms with van der Waals surface area (Å²) in [5.41, 5.74) is 1.04. The molecule has 2 aromatic heterocycles. The molecule has 45 heavy (non-hydrogen) atoms. The lowest BCUT2D eigenvalue weighted by molar-refractivity contribution is -0.288. The van der Waals surface area contributed by atoms with Gasteiger partial charge in [-0.15, -0.1) is 11.3 Å². The molecule has 0 saturated carbocycles. The summed E-state index contributed by atoms with van der Waals surface area (Å²) in [6, 6.07) is 4.06. The van der Waals surface area contributed by atoms with Crippen LogP contribution in [-0.2, 0) is 47.6 Å². The predicted molar refractivity (Wildman–Crippen MR) is 152 cm³/mol. The number of nitrogens with zero attached hydrogens (tertiary/aromatic N) is 1. The van der Waals surface area contributed by atoms with Crippen molar-refractivity contribution in [2.45, 2.75) is 65.3 Å². The lowest BCUT2D eigenvalue weighted by Crippen LogP contribution is -2.63. The van der Waals surface area contributed by atoms with E-state index < -0.39 is 72.6 Å². The fourth-order valence-corrected chi connectivity index (χ4v) is 5.12. The van der Waals surface area contributed by atoms with E-state index >= 15 is 0 Å². The molecule has 1 aliphatic rings. The molecule has 0 spiro atoms. The van der Waals surface area contributed by atoms with Gasteiger partial charge in [0.1, 0.15) is 24.0 Å². The van der Waals surface area contributed by atoms with E-state index in [1.54, 1.807) is 12.3 Å². The second kappa shape index (κ2) is 14.3. The van der Waals surface area contributed by atoms with E-state index in [2.05, 4.69) is 4.98 Å². The van der Waals surface area contributed by atoms with E-state index in [9.17, 15) is 28.8 Å². The molecule has 15 nitrogen and oxygen atoms in total. The minimum Gasteiger partial charge on any atom is -0.463 e. The maximum atomic E-state index is 13.5. The Labute approximate surface area is 259 Å². The van der Waals surface area contributed by atoms with Crippen LogP contribution in [0, 0.1) is 0 Å². The Balaban J connectivity index is 1.78. The Morgan fingerprint density at radius 1 is 0.889 bits per heavy atom. The Hall–Kier alpha value is -4.83.